The predicted molar refractivity (Wildman–Crippen MR) is 108 cm³/mol. The van der Waals surface area contributed by atoms with Crippen molar-refractivity contribution in [3.05, 3.63) is 54.5 Å². The Labute approximate surface area is 175 Å². The summed E-state index contributed by atoms with van der Waals surface area (Å²) >= 11 is 0. The van der Waals surface area contributed by atoms with E-state index in [0.717, 1.165) is 12.5 Å². The van der Waals surface area contributed by atoms with Crippen LogP contribution in [0, 0.1) is 0 Å². The lowest BCUT2D eigenvalue weighted by atomic mass is 10.2. The Morgan fingerprint density at radius 2 is 1.87 bits per heavy atom. The van der Waals surface area contributed by atoms with E-state index in [0.29, 0.717) is 35.7 Å². The maximum Gasteiger partial charge on any atom is 0.433 e. The number of amides is 1. The average molecular weight is 429 g/mol. The molecule has 1 aliphatic rings. The lowest BCUT2D eigenvalue weighted by Crippen LogP contribution is -2.24. The van der Waals surface area contributed by atoms with E-state index >= 15 is 0 Å². The molecule has 0 spiro atoms. The Morgan fingerprint density at radius 1 is 1.10 bits per heavy atom. The van der Waals surface area contributed by atoms with Crippen molar-refractivity contribution < 1.29 is 22.7 Å². The highest BCUT2D eigenvalue weighted by molar-refractivity contribution is 5.97. The van der Waals surface area contributed by atoms with Gasteiger partial charge in [0.25, 0.3) is 0 Å². The van der Waals surface area contributed by atoms with Gasteiger partial charge in [0.05, 0.1) is 12.8 Å². The topological polar surface area (TPSA) is 80.2 Å². The lowest BCUT2D eigenvalue weighted by Gasteiger charge is -2.20. The number of nitrogens with zero attached hydrogens (tertiary/aromatic N) is 4. The second kappa shape index (κ2) is 8.21. The molecule has 0 saturated carbocycles. The van der Waals surface area contributed by atoms with Crippen molar-refractivity contribution in [2.75, 3.05) is 23.9 Å². The first-order valence-electron chi connectivity index (χ1n) is 9.47. The van der Waals surface area contributed by atoms with Crippen LogP contribution in [0.4, 0.5) is 30.4 Å². The van der Waals surface area contributed by atoms with Crippen molar-refractivity contribution in [2.24, 2.45) is 0 Å². The molecule has 31 heavy (non-hydrogen) atoms. The molecule has 1 amide bonds. The molecule has 0 bridgehead atoms. The van der Waals surface area contributed by atoms with Crippen molar-refractivity contribution in [3.8, 4) is 17.1 Å². The van der Waals surface area contributed by atoms with E-state index in [1.165, 1.54) is 31.6 Å². The maximum atomic E-state index is 13.4. The van der Waals surface area contributed by atoms with Gasteiger partial charge in [-0.2, -0.15) is 13.2 Å². The Bertz CT molecular complexity index is 1110. The highest BCUT2D eigenvalue weighted by atomic mass is 19.4. The highest BCUT2D eigenvalue weighted by Crippen LogP contribution is 2.36. The number of alkyl halides is 3. The van der Waals surface area contributed by atoms with E-state index < -0.39 is 11.9 Å². The number of aromatic nitrogens is 3. The predicted octanol–water partition coefficient (Wildman–Crippen LogP) is 4.44. The molecule has 7 nitrogen and oxygen atoms in total. The molecule has 4 rings (SSSR count). The van der Waals surface area contributed by atoms with Crippen LogP contribution < -0.4 is 15.0 Å². The molecule has 1 aliphatic heterocycles. The molecule has 0 atom stereocenters. The van der Waals surface area contributed by atoms with Gasteiger partial charge in [0.2, 0.25) is 5.91 Å². The van der Waals surface area contributed by atoms with E-state index in [1.54, 1.807) is 23.1 Å². The summed E-state index contributed by atoms with van der Waals surface area (Å²) in [6.07, 6.45) is -0.565. The van der Waals surface area contributed by atoms with E-state index in [1.807, 2.05) is 0 Å². The Hall–Kier alpha value is -3.69. The number of anilines is 3. The molecule has 2 aromatic heterocycles. The number of pyridine rings is 1. The van der Waals surface area contributed by atoms with Gasteiger partial charge in [-0.05, 0) is 36.8 Å². The summed E-state index contributed by atoms with van der Waals surface area (Å²) in [7, 11) is 1.49. The zero-order valence-electron chi connectivity index (χ0n) is 16.5. The van der Waals surface area contributed by atoms with E-state index in [9.17, 15) is 18.0 Å². The van der Waals surface area contributed by atoms with Gasteiger partial charge in [-0.1, -0.05) is 0 Å². The van der Waals surface area contributed by atoms with Gasteiger partial charge >= 0.3 is 6.18 Å². The normalized spacial score (nSPS) is 14.1. The van der Waals surface area contributed by atoms with Gasteiger partial charge in [0.15, 0.2) is 11.5 Å². The number of rotatable bonds is 5. The largest absolute Gasteiger partial charge is 0.495 e. The fourth-order valence-electron chi connectivity index (χ4n) is 3.32. The molecule has 0 unspecified atom stereocenters. The Morgan fingerprint density at radius 3 is 2.52 bits per heavy atom. The van der Waals surface area contributed by atoms with Gasteiger partial charge in [0.1, 0.15) is 11.6 Å². The van der Waals surface area contributed by atoms with Crippen molar-refractivity contribution in [1.29, 1.82) is 0 Å². The van der Waals surface area contributed by atoms with Crippen LogP contribution in [0.15, 0.2) is 48.8 Å². The number of nitrogens with one attached hydrogen (secondary N) is 1. The van der Waals surface area contributed by atoms with Crippen LogP contribution in [0.1, 0.15) is 18.5 Å². The third-order valence-electron chi connectivity index (χ3n) is 4.77. The number of ether oxygens (including phenoxy) is 1. The minimum absolute atomic E-state index is 0.0296. The zero-order chi connectivity index (χ0) is 22.0. The molecule has 1 N–H and O–H groups in total. The fourth-order valence-corrected chi connectivity index (χ4v) is 3.32. The van der Waals surface area contributed by atoms with Crippen LogP contribution >= 0.6 is 0 Å². The number of benzene rings is 1. The second-order valence-electron chi connectivity index (χ2n) is 6.86. The molecule has 1 saturated heterocycles. The molecule has 1 aromatic carbocycles. The maximum absolute atomic E-state index is 13.4. The van der Waals surface area contributed by atoms with E-state index in [2.05, 4.69) is 20.3 Å². The third kappa shape index (κ3) is 4.42. The number of hydrogen-bond donors (Lipinski definition) is 1. The van der Waals surface area contributed by atoms with E-state index in [4.69, 9.17) is 4.74 Å². The Kier molecular flexibility index (Phi) is 5.45. The number of methoxy groups -OCH3 is 1. The zero-order valence-corrected chi connectivity index (χ0v) is 16.5. The van der Waals surface area contributed by atoms with Crippen LogP contribution in [-0.4, -0.2) is 34.5 Å². The number of carbonyl (C=O) groups is 1. The number of carbonyl (C=O) groups excluding carboxylic acids is 1. The number of hydrogen-bond acceptors (Lipinski definition) is 6. The first kappa shape index (κ1) is 20.6. The molecule has 3 aromatic rings. The molecule has 1 fully saturated rings. The molecule has 3 heterocycles. The highest BCUT2D eigenvalue weighted by Gasteiger charge is 2.34. The summed E-state index contributed by atoms with van der Waals surface area (Å²) in [4.78, 5) is 25.5. The minimum Gasteiger partial charge on any atom is -0.495 e. The monoisotopic (exact) mass is 429 g/mol. The smallest absolute Gasteiger partial charge is 0.433 e. The molecular formula is C21H18F3N5O2. The third-order valence-corrected chi connectivity index (χ3v) is 4.77. The standard InChI is InChI=1S/C21H18F3N5O2/c1-31-16-5-4-14(11-15(16)29-10-2-3-19(29)30)26-18-12-17(21(22,23)24)27-20(28-18)13-6-8-25-9-7-13/h4-9,11-12H,2-3,10H2,1H3,(H,26,27,28). The van der Waals surface area contributed by atoms with Crippen LogP contribution in [0.3, 0.4) is 0 Å². The Balaban J connectivity index is 1.73. The molecule has 0 radical (unpaired) electrons. The molecular weight excluding hydrogens is 411 g/mol. The quantitative estimate of drug-likeness (QED) is 0.646. The van der Waals surface area contributed by atoms with Gasteiger partial charge in [-0.15, -0.1) is 0 Å². The SMILES string of the molecule is COc1ccc(Nc2cc(C(F)(F)F)nc(-c3ccncc3)n2)cc1N1CCCC1=O. The minimum atomic E-state index is -4.64. The molecule has 10 heteroatoms. The summed E-state index contributed by atoms with van der Waals surface area (Å²) in [5, 5.41) is 2.90. The summed E-state index contributed by atoms with van der Waals surface area (Å²) in [5.41, 5.74) is 0.347. The van der Waals surface area contributed by atoms with Gasteiger partial charge in [-0.25, -0.2) is 9.97 Å². The summed E-state index contributed by atoms with van der Waals surface area (Å²) < 4.78 is 45.6. The summed E-state index contributed by atoms with van der Waals surface area (Å²) in [6, 6.07) is 8.86. The summed E-state index contributed by atoms with van der Waals surface area (Å²) in [5.74, 6) is 0.356. The van der Waals surface area contributed by atoms with Crippen LogP contribution in [0.25, 0.3) is 11.4 Å². The van der Waals surface area contributed by atoms with Crippen LogP contribution in [0.2, 0.25) is 0 Å². The van der Waals surface area contributed by atoms with Crippen molar-refractivity contribution in [1.82, 2.24) is 15.0 Å². The molecule has 0 aliphatic carbocycles. The fraction of sp³-hybridized carbons (Fsp3) is 0.238. The first-order chi connectivity index (χ1) is 14.8. The number of halogens is 3. The molecule has 160 valence electrons. The van der Waals surface area contributed by atoms with Crippen molar-refractivity contribution >= 4 is 23.1 Å². The van der Waals surface area contributed by atoms with Crippen molar-refractivity contribution in [2.45, 2.75) is 19.0 Å². The van der Waals surface area contributed by atoms with E-state index in [-0.39, 0.29) is 17.5 Å². The van der Waals surface area contributed by atoms with Gasteiger partial charge in [-0.3, -0.25) is 9.78 Å². The van der Waals surface area contributed by atoms with Crippen LogP contribution in [0.5, 0.6) is 5.75 Å². The lowest BCUT2D eigenvalue weighted by molar-refractivity contribution is -0.141. The summed E-state index contributed by atoms with van der Waals surface area (Å²) in [6.45, 7) is 0.552. The van der Waals surface area contributed by atoms with Gasteiger partial charge in [0, 0.05) is 42.7 Å². The first-order valence-corrected chi connectivity index (χ1v) is 9.47. The second-order valence-corrected chi connectivity index (χ2v) is 6.86. The average Bonchev–Trinajstić information content (AvgIpc) is 3.19. The van der Waals surface area contributed by atoms with Crippen LogP contribution in [-0.2, 0) is 11.0 Å². The van der Waals surface area contributed by atoms with Gasteiger partial charge < -0.3 is 15.0 Å². The van der Waals surface area contributed by atoms with Crippen molar-refractivity contribution in [3.63, 3.8) is 0 Å².